The van der Waals surface area contributed by atoms with Crippen LogP contribution in [0.15, 0.2) is 36.7 Å². The topological polar surface area (TPSA) is 46.0 Å². The molecule has 0 unspecified atom stereocenters. The zero-order valence-corrected chi connectivity index (χ0v) is 10.3. The van der Waals surface area contributed by atoms with Gasteiger partial charge in [-0.05, 0) is 17.7 Å². The van der Waals surface area contributed by atoms with Crippen LogP contribution in [0.2, 0.25) is 0 Å². The number of hydrogen-bond donors (Lipinski definition) is 1. The van der Waals surface area contributed by atoms with E-state index in [-0.39, 0.29) is 0 Å². The number of nitrogens with one attached hydrogen (secondary N) is 1. The van der Waals surface area contributed by atoms with Crippen molar-refractivity contribution >= 4 is 0 Å². The number of aromatic nitrogens is 3. The maximum Gasteiger partial charge on any atom is 0.0859 e. The standard InChI is InChI=1S/C13H17N5/c1-2-12(11-17-8-6-14-7-9-17)10-13(3-1)18-15-4-5-16-18/h1-5,10,14H,6-9,11H2. The highest BCUT2D eigenvalue weighted by molar-refractivity contribution is 5.33. The normalized spacial score (nSPS) is 16.9. The predicted molar refractivity (Wildman–Crippen MR) is 69.5 cm³/mol. The van der Waals surface area contributed by atoms with Gasteiger partial charge in [0.05, 0.1) is 18.1 Å². The van der Waals surface area contributed by atoms with E-state index in [1.54, 1.807) is 17.2 Å². The summed E-state index contributed by atoms with van der Waals surface area (Å²) >= 11 is 0. The molecule has 1 fully saturated rings. The van der Waals surface area contributed by atoms with Gasteiger partial charge in [-0.2, -0.15) is 15.0 Å². The lowest BCUT2D eigenvalue weighted by molar-refractivity contribution is 0.233. The van der Waals surface area contributed by atoms with Crippen molar-refractivity contribution in [3.63, 3.8) is 0 Å². The fraction of sp³-hybridized carbons (Fsp3) is 0.385. The van der Waals surface area contributed by atoms with Crippen molar-refractivity contribution < 1.29 is 0 Å². The third-order valence-corrected chi connectivity index (χ3v) is 3.18. The Morgan fingerprint density at radius 3 is 2.67 bits per heavy atom. The van der Waals surface area contributed by atoms with Gasteiger partial charge in [-0.15, -0.1) is 0 Å². The molecule has 2 aromatic rings. The van der Waals surface area contributed by atoms with Gasteiger partial charge in [0.1, 0.15) is 0 Å². The smallest absolute Gasteiger partial charge is 0.0859 e. The van der Waals surface area contributed by atoms with Crippen LogP contribution in [0.5, 0.6) is 0 Å². The molecule has 0 amide bonds. The van der Waals surface area contributed by atoms with E-state index in [1.165, 1.54) is 5.56 Å². The highest BCUT2D eigenvalue weighted by Crippen LogP contribution is 2.11. The van der Waals surface area contributed by atoms with Crippen molar-refractivity contribution in [2.45, 2.75) is 6.54 Å². The van der Waals surface area contributed by atoms with E-state index in [1.807, 2.05) is 6.07 Å². The summed E-state index contributed by atoms with van der Waals surface area (Å²) in [5.41, 5.74) is 2.33. The molecule has 1 aliphatic heterocycles. The molecule has 0 atom stereocenters. The lowest BCUT2D eigenvalue weighted by atomic mass is 10.2. The fourth-order valence-corrected chi connectivity index (χ4v) is 2.26. The second-order valence-corrected chi connectivity index (χ2v) is 4.51. The second kappa shape index (κ2) is 5.29. The number of rotatable bonds is 3. The SMILES string of the molecule is c1cc(CN2CCNCC2)cc(-n2nccn2)c1. The number of piperazine rings is 1. The Kier molecular flexibility index (Phi) is 3.34. The minimum atomic E-state index is 0.997. The molecule has 0 spiro atoms. The average molecular weight is 243 g/mol. The number of benzene rings is 1. The molecule has 5 heteroatoms. The predicted octanol–water partition coefficient (Wildman–Crippen LogP) is 0.672. The molecule has 1 aromatic carbocycles. The van der Waals surface area contributed by atoms with E-state index >= 15 is 0 Å². The van der Waals surface area contributed by atoms with Gasteiger partial charge in [-0.3, -0.25) is 4.90 Å². The summed E-state index contributed by atoms with van der Waals surface area (Å²) < 4.78 is 0. The molecule has 1 N–H and O–H groups in total. The van der Waals surface area contributed by atoms with Gasteiger partial charge in [0.15, 0.2) is 0 Å². The Morgan fingerprint density at radius 2 is 1.89 bits per heavy atom. The maximum atomic E-state index is 4.16. The molecular weight excluding hydrogens is 226 g/mol. The third-order valence-electron chi connectivity index (χ3n) is 3.18. The molecule has 94 valence electrons. The minimum Gasteiger partial charge on any atom is -0.314 e. The first kappa shape index (κ1) is 11.4. The minimum absolute atomic E-state index is 0.997. The van der Waals surface area contributed by atoms with Crippen LogP contribution in [0.3, 0.4) is 0 Å². The number of nitrogens with zero attached hydrogens (tertiary/aromatic N) is 4. The summed E-state index contributed by atoms with van der Waals surface area (Å²) in [5.74, 6) is 0. The highest BCUT2D eigenvalue weighted by Gasteiger charge is 2.10. The summed E-state index contributed by atoms with van der Waals surface area (Å²) in [6.07, 6.45) is 3.39. The Morgan fingerprint density at radius 1 is 1.11 bits per heavy atom. The van der Waals surface area contributed by atoms with Crippen molar-refractivity contribution in [2.75, 3.05) is 26.2 Å². The van der Waals surface area contributed by atoms with Crippen molar-refractivity contribution in [2.24, 2.45) is 0 Å². The van der Waals surface area contributed by atoms with Gasteiger partial charge < -0.3 is 5.32 Å². The molecular formula is C13H17N5. The molecule has 18 heavy (non-hydrogen) atoms. The molecule has 3 rings (SSSR count). The zero-order valence-electron chi connectivity index (χ0n) is 10.3. The van der Waals surface area contributed by atoms with E-state index in [9.17, 15) is 0 Å². The van der Waals surface area contributed by atoms with Crippen LogP contribution in [0.25, 0.3) is 5.69 Å². The van der Waals surface area contributed by atoms with E-state index in [0.29, 0.717) is 0 Å². The quantitative estimate of drug-likeness (QED) is 0.861. The molecule has 1 aliphatic rings. The van der Waals surface area contributed by atoms with Gasteiger partial charge in [-0.1, -0.05) is 12.1 Å². The molecule has 0 radical (unpaired) electrons. The molecule has 1 aromatic heterocycles. The van der Waals surface area contributed by atoms with Crippen LogP contribution >= 0.6 is 0 Å². The summed E-state index contributed by atoms with van der Waals surface area (Å²) in [7, 11) is 0. The maximum absolute atomic E-state index is 4.16. The lowest BCUT2D eigenvalue weighted by Gasteiger charge is -2.27. The Labute approximate surface area is 106 Å². The van der Waals surface area contributed by atoms with Crippen LogP contribution in [-0.2, 0) is 6.54 Å². The lowest BCUT2D eigenvalue weighted by Crippen LogP contribution is -2.42. The zero-order chi connectivity index (χ0) is 12.2. The van der Waals surface area contributed by atoms with Gasteiger partial charge in [-0.25, -0.2) is 0 Å². The van der Waals surface area contributed by atoms with Crippen molar-refractivity contribution in [3.8, 4) is 5.69 Å². The third kappa shape index (κ3) is 2.57. The first-order valence-electron chi connectivity index (χ1n) is 6.30. The van der Waals surface area contributed by atoms with Crippen LogP contribution in [-0.4, -0.2) is 46.1 Å². The van der Waals surface area contributed by atoms with Crippen LogP contribution < -0.4 is 5.32 Å². The number of hydrogen-bond acceptors (Lipinski definition) is 4. The fourth-order valence-electron chi connectivity index (χ4n) is 2.26. The summed E-state index contributed by atoms with van der Waals surface area (Å²) in [6.45, 7) is 5.39. The van der Waals surface area contributed by atoms with E-state index in [2.05, 4.69) is 38.6 Å². The van der Waals surface area contributed by atoms with Crippen LogP contribution in [0.4, 0.5) is 0 Å². The highest BCUT2D eigenvalue weighted by atomic mass is 15.5. The van der Waals surface area contributed by atoms with E-state index in [4.69, 9.17) is 0 Å². The van der Waals surface area contributed by atoms with Crippen LogP contribution in [0.1, 0.15) is 5.56 Å². The van der Waals surface area contributed by atoms with Crippen molar-refractivity contribution in [3.05, 3.63) is 42.2 Å². The van der Waals surface area contributed by atoms with Gasteiger partial charge in [0.25, 0.3) is 0 Å². The first-order chi connectivity index (χ1) is 8.92. The first-order valence-corrected chi connectivity index (χ1v) is 6.30. The van der Waals surface area contributed by atoms with Gasteiger partial charge in [0.2, 0.25) is 0 Å². The molecule has 5 nitrogen and oxygen atoms in total. The molecule has 2 heterocycles. The molecule has 0 saturated carbocycles. The van der Waals surface area contributed by atoms with Crippen LogP contribution in [0, 0.1) is 0 Å². The van der Waals surface area contributed by atoms with Gasteiger partial charge >= 0.3 is 0 Å². The van der Waals surface area contributed by atoms with Gasteiger partial charge in [0, 0.05) is 32.7 Å². The van der Waals surface area contributed by atoms with Crippen molar-refractivity contribution in [1.29, 1.82) is 0 Å². The molecule has 0 bridgehead atoms. The van der Waals surface area contributed by atoms with Crippen molar-refractivity contribution in [1.82, 2.24) is 25.2 Å². The van der Waals surface area contributed by atoms with E-state index < -0.39 is 0 Å². The molecule has 0 aliphatic carbocycles. The Hall–Kier alpha value is -1.72. The second-order valence-electron chi connectivity index (χ2n) is 4.51. The summed E-state index contributed by atoms with van der Waals surface area (Å²) in [4.78, 5) is 4.12. The monoisotopic (exact) mass is 243 g/mol. The summed E-state index contributed by atoms with van der Waals surface area (Å²) in [6, 6.07) is 8.41. The average Bonchev–Trinajstić information content (AvgIpc) is 2.94. The largest absolute Gasteiger partial charge is 0.314 e. The van der Waals surface area contributed by atoms with E-state index in [0.717, 1.165) is 38.4 Å². The Balaban J connectivity index is 1.74. The molecule has 1 saturated heterocycles. The Bertz CT molecular complexity index is 488. The summed E-state index contributed by atoms with van der Waals surface area (Å²) in [5, 5.41) is 11.7.